The summed E-state index contributed by atoms with van der Waals surface area (Å²) in [6.45, 7) is 5.57. The van der Waals surface area contributed by atoms with Gasteiger partial charge in [-0.25, -0.2) is 4.98 Å². The molecule has 1 amide bonds. The van der Waals surface area contributed by atoms with E-state index < -0.39 is 5.60 Å². The third-order valence-electron chi connectivity index (χ3n) is 4.52. The van der Waals surface area contributed by atoms with Gasteiger partial charge in [0.15, 0.2) is 0 Å². The zero-order chi connectivity index (χ0) is 22.1. The molecule has 156 valence electrons. The van der Waals surface area contributed by atoms with Crippen LogP contribution in [0.4, 0.5) is 0 Å². The van der Waals surface area contributed by atoms with Crippen molar-refractivity contribution in [1.82, 2.24) is 24.6 Å². The van der Waals surface area contributed by atoms with Gasteiger partial charge in [-0.15, -0.1) is 0 Å². The number of nitrogens with zero attached hydrogens (tertiary/aromatic N) is 5. The second-order valence-electron chi connectivity index (χ2n) is 7.72. The Morgan fingerprint density at radius 2 is 2.13 bits per heavy atom. The van der Waals surface area contributed by atoms with Crippen LogP contribution in [0.15, 0.2) is 36.7 Å². The summed E-state index contributed by atoms with van der Waals surface area (Å²) in [4.78, 5) is 16.8. The highest BCUT2D eigenvalue weighted by Crippen LogP contribution is 2.24. The molecular weight excluding hydrogens is 404 g/mol. The lowest BCUT2D eigenvalue weighted by Crippen LogP contribution is -2.36. The summed E-state index contributed by atoms with van der Waals surface area (Å²) in [7, 11) is 1.74. The number of aromatic nitrogens is 4. The Morgan fingerprint density at radius 3 is 2.73 bits per heavy atom. The van der Waals surface area contributed by atoms with Crippen LogP contribution in [0.25, 0.3) is 11.3 Å². The maximum Gasteiger partial charge on any atom is 0.271 e. The van der Waals surface area contributed by atoms with Gasteiger partial charge in [0.1, 0.15) is 23.2 Å². The lowest BCUT2D eigenvalue weighted by atomic mass is 10.1. The first-order valence-corrected chi connectivity index (χ1v) is 9.77. The van der Waals surface area contributed by atoms with Gasteiger partial charge in [-0.05, 0) is 39.0 Å². The van der Waals surface area contributed by atoms with E-state index in [0.717, 1.165) is 11.3 Å². The van der Waals surface area contributed by atoms with Gasteiger partial charge in [-0.1, -0.05) is 17.7 Å². The summed E-state index contributed by atoms with van der Waals surface area (Å²) in [5.41, 5.74) is 1.05. The lowest BCUT2D eigenvalue weighted by molar-refractivity contribution is 0.0657. The molecule has 2 aromatic heterocycles. The fraction of sp³-hybridized carbons (Fsp3) is 0.333. The van der Waals surface area contributed by atoms with Crippen molar-refractivity contribution in [2.24, 2.45) is 7.05 Å². The first-order valence-electron chi connectivity index (χ1n) is 9.39. The monoisotopic (exact) mass is 426 g/mol. The molecule has 0 saturated heterocycles. The highest BCUT2D eigenvalue weighted by Gasteiger charge is 2.24. The molecule has 0 aliphatic rings. The van der Waals surface area contributed by atoms with E-state index in [2.05, 4.69) is 15.4 Å². The Hall–Kier alpha value is -3.15. The maximum absolute atomic E-state index is 12.5. The van der Waals surface area contributed by atoms with Crippen molar-refractivity contribution in [2.45, 2.75) is 39.0 Å². The van der Waals surface area contributed by atoms with E-state index in [1.165, 1.54) is 0 Å². The quantitative estimate of drug-likeness (QED) is 0.630. The van der Waals surface area contributed by atoms with Crippen molar-refractivity contribution >= 4 is 17.5 Å². The van der Waals surface area contributed by atoms with Crippen LogP contribution in [0.3, 0.4) is 0 Å². The van der Waals surface area contributed by atoms with E-state index in [9.17, 15) is 9.90 Å². The van der Waals surface area contributed by atoms with Crippen LogP contribution in [-0.2, 0) is 19.2 Å². The van der Waals surface area contributed by atoms with E-state index >= 15 is 0 Å². The van der Waals surface area contributed by atoms with Crippen LogP contribution in [0.5, 0.6) is 0 Å². The fourth-order valence-electron chi connectivity index (χ4n) is 3.15. The number of benzene rings is 1. The first kappa shape index (κ1) is 21.6. The maximum atomic E-state index is 12.5. The molecule has 8 nitrogen and oxygen atoms in total. The van der Waals surface area contributed by atoms with Gasteiger partial charge in [-0.2, -0.15) is 10.4 Å². The highest BCUT2D eigenvalue weighted by atomic mass is 35.5. The average molecular weight is 427 g/mol. The molecule has 2 heterocycles. The number of halogens is 1. The molecule has 0 saturated carbocycles. The number of amides is 1. The summed E-state index contributed by atoms with van der Waals surface area (Å²) in [6, 6.07) is 8.84. The third-order valence-corrected chi connectivity index (χ3v) is 4.83. The van der Waals surface area contributed by atoms with Crippen molar-refractivity contribution in [3.8, 4) is 17.3 Å². The molecule has 30 heavy (non-hydrogen) atoms. The van der Waals surface area contributed by atoms with Crippen LogP contribution in [0.1, 0.15) is 42.6 Å². The molecule has 3 rings (SSSR count). The Labute approximate surface area is 179 Å². The molecule has 0 aliphatic carbocycles. The molecule has 0 bridgehead atoms. The number of imidazole rings is 1. The van der Waals surface area contributed by atoms with E-state index in [1.807, 2.05) is 25.3 Å². The van der Waals surface area contributed by atoms with Crippen molar-refractivity contribution in [3.63, 3.8) is 0 Å². The Balaban J connectivity index is 1.66. The summed E-state index contributed by atoms with van der Waals surface area (Å²) in [5.74, 6) is 0.0953. The third kappa shape index (κ3) is 4.70. The summed E-state index contributed by atoms with van der Waals surface area (Å²) in [5, 5.41) is 26.9. The minimum atomic E-state index is -1.14. The molecule has 0 fully saturated rings. The second-order valence-corrected chi connectivity index (χ2v) is 8.13. The SMILES string of the molecule is CC(Cn1ccc(-c2ccc(C#N)c(Cl)c2)n1)NC(=O)c1cn(C)c(C(C)(C)O)n1. The number of nitriles is 1. The number of nitrogens with one attached hydrogen (secondary N) is 1. The number of carbonyl (C=O) groups is 1. The number of rotatable bonds is 6. The minimum Gasteiger partial charge on any atom is -0.383 e. The van der Waals surface area contributed by atoms with Crippen LogP contribution in [-0.4, -0.2) is 36.4 Å². The zero-order valence-corrected chi connectivity index (χ0v) is 18.0. The molecule has 1 atom stereocenters. The van der Waals surface area contributed by atoms with Gasteiger partial charge < -0.3 is 15.0 Å². The standard InChI is InChI=1S/C21H23ClN6O2/c1-13(24-19(29)18-12-27(4)20(25-18)21(2,3)30)11-28-8-7-17(26-28)14-5-6-15(10-23)16(22)9-14/h5-9,12-13,30H,11H2,1-4H3,(H,24,29). The molecule has 1 aromatic carbocycles. The van der Waals surface area contributed by atoms with Crippen LogP contribution < -0.4 is 5.32 Å². The molecule has 3 aromatic rings. The van der Waals surface area contributed by atoms with E-state index in [1.54, 1.807) is 54.5 Å². The molecule has 2 N–H and O–H groups in total. The van der Waals surface area contributed by atoms with Crippen molar-refractivity contribution < 1.29 is 9.90 Å². The molecule has 0 spiro atoms. The van der Waals surface area contributed by atoms with Crippen molar-refractivity contribution in [3.05, 3.63) is 58.8 Å². The largest absolute Gasteiger partial charge is 0.383 e. The zero-order valence-electron chi connectivity index (χ0n) is 17.2. The summed E-state index contributed by atoms with van der Waals surface area (Å²) < 4.78 is 3.37. The normalized spacial score (nSPS) is 12.4. The predicted molar refractivity (Wildman–Crippen MR) is 113 cm³/mol. The number of carbonyl (C=O) groups excluding carboxylic acids is 1. The Kier molecular flexibility index (Phi) is 5.97. The van der Waals surface area contributed by atoms with Gasteiger partial charge >= 0.3 is 0 Å². The van der Waals surface area contributed by atoms with Gasteiger partial charge in [0.2, 0.25) is 0 Å². The van der Waals surface area contributed by atoms with Gasteiger partial charge in [0.25, 0.3) is 5.91 Å². The van der Waals surface area contributed by atoms with Gasteiger partial charge in [0, 0.05) is 31.0 Å². The lowest BCUT2D eigenvalue weighted by Gasteiger charge is -2.16. The topological polar surface area (TPSA) is 109 Å². The minimum absolute atomic E-state index is 0.206. The van der Waals surface area contributed by atoms with Crippen molar-refractivity contribution in [2.75, 3.05) is 0 Å². The summed E-state index contributed by atoms with van der Waals surface area (Å²) in [6.07, 6.45) is 3.41. The van der Waals surface area contributed by atoms with Gasteiger partial charge in [0.05, 0.1) is 22.8 Å². The smallest absolute Gasteiger partial charge is 0.271 e. The van der Waals surface area contributed by atoms with Crippen molar-refractivity contribution in [1.29, 1.82) is 5.26 Å². The molecule has 9 heteroatoms. The van der Waals surface area contributed by atoms with E-state index in [-0.39, 0.29) is 17.6 Å². The van der Waals surface area contributed by atoms with E-state index in [4.69, 9.17) is 16.9 Å². The number of aliphatic hydroxyl groups is 1. The highest BCUT2D eigenvalue weighted by molar-refractivity contribution is 6.32. The first-order chi connectivity index (χ1) is 14.1. The van der Waals surface area contributed by atoms with E-state index in [0.29, 0.717) is 23.0 Å². The Morgan fingerprint density at radius 1 is 1.40 bits per heavy atom. The van der Waals surface area contributed by atoms with Crippen LogP contribution in [0.2, 0.25) is 5.02 Å². The predicted octanol–water partition coefficient (Wildman–Crippen LogP) is 2.85. The molecule has 1 unspecified atom stereocenters. The fourth-order valence-corrected chi connectivity index (χ4v) is 3.37. The van der Waals surface area contributed by atoms with Gasteiger partial charge in [-0.3, -0.25) is 9.48 Å². The second kappa shape index (κ2) is 8.30. The summed E-state index contributed by atoms with van der Waals surface area (Å²) >= 11 is 6.10. The number of hydrogen-bond donors (Lipinski definition) is 2. The van der Waals surface area contributed by atoms with Crippen LogP contribution in [0, 0.1) is 11.3 Å². The molecule has 0 radical (unpaired) electrons. The molecular formula is C21H23ClN6O2. The van der Waals surface area contributed by atoms with Crippen LogP contribution >= 0.6 is 11.6 Å². The average Bonchev–Trinajstić information content (AvgIpc) is 3.28. The molecule has 0 aliphatic heterocycles. The Bertz CT molecular complexity index is 1120. The number of hydrogen-bond acceptors (Lipinski definition) is 5. The number of aryl methyl sites for hydroxylation is 1.